The van der Waals surface area contributed by atoms with E-state index >= 15 is 0 Å². The van der Waals surface area contributed by atoms with Crippen LogP contribution in [0.5, 0.6) is 5.75 Å². The van der Waals surface area contributed by atoms with E-state index in [1.807, 2.05) is 24.3 Å². The topological polar surface area (TPSA) is 47.7 Å². The second-order valence-corrected chi connectivity index (χ2v) is 5.53. The summed E-state index contributed by atoms with van der Waals surface area (Å²) >= 11 is 0. The van der Waals surface area contributed by atoms with Gasteiger partial charge in [0, 0.05) is 31.7 Å². The fourth-order valence-electron chi connectivity index (χ4n) is 2.75. The van der Waals surface area contributed by atoms with Crippen molar-refractivity contribution in [3.63, 3.8) is 0 Å². The summed E-state index contributed by atoms with van der Waals surface area (Å²) in [6, 6.07) is 7.98. The van der Waals surface area contributed by atoms with Crippen molar-refractivity contribution in [3.8, 4) is 5.75 Å². The van der Waals surface area contributed by atoms with Gasteiger partial charge >= 0.3 is 0 Å². The van der Waals surface area contributed by atoms with E-state index in [-0.39, 0.29) is 0 Å². The molecule has 112 valence electrons. The van der Waals surface area contributed by atoms with Crippen molar-refractivity contribution in [2.75, 3.05) is 26.2 Å². The van der Waals surface area contributed by atoms with Gasteiger partial charge in [0.25, 0.3) is 0 Å². The Morgan fingerprint density at radius 2 is 1.95 bits per heavy atom. The molecule has 0 saturated carbocycles. The molecular formula is C16H26N2O2. The molecule has 1 fully saturated rings. The van der Waals surface area contributed by atoms with Gasteiger partial charge in [-0.2, -0.15) is 0 Å². The largest absolute Gasteiger partial charge is 0.493 e. The Bertz CT molecular complexity index is 401. The molecule has 1 aliphatic rings. The summed E-state index contributed by atoms with van der Waals surface area (Å²) in [4.78, 5) is 2.46. The van der Waals surface area contributed by atoms with Crippen molar-refractivity contribution in [1.29, 1.82) is 0 Å². The maximum absolute atomic E-state index is 5.83. The van der Waals surface area contributed by atoms with Crippen molar-refractivity contribution in [2.45, 2.75) is 39.0 Å². The van der Waals surface area contributed by atoms with Gasteiger partial charge in [-0.15, -0.1) is 0 Å². The minimum atomic E-state index is 0.331. The second-order valence-electron chi connectivity index (χ2n) is 5.53. The van der Waals surface area contributed by atoms with Crippen LogP contribution in [0, 0.1) is 0 Å². The fraction of sp³-hybridized carbons (Fsp3) is 0.625. The van der Waals surface area contributed by atoms with E-state index in [9.17, 15) is 0 Å². The van der Waals surface area contributed by atoms with Gasteiger partial charge in [-0.05, 0) is 26.3 Å². The molecule has 1 aliphatic heterocycles. The molecule has 0 aromatic heterocycles. The van der Waals surface area contributed by atoms with Crippen LogP contribution in [0.4, 0.5) is 0 Å². The average Bonchev–Trinajstić information content (AvgIpc) is 2.43. The summed E-state index contributed by atoms with van der Waals surface area (Å²) in [7, 11) is 0. The molecule has 4 nitrogen and oxygen atoms in total. The quantitative estimate of drug-likeness (QED) is 0.809. The number of rotatable bonds is 6. The number of hydrogen-bond acceptors (Lipinski definition) is 4. The molecule has 20 heavy (non-hydrogen) atoms. The summed E-state index contributed by atoms with van der Waals surface area (Å²) in [6.45, 7) is 8.62. The third-order valence-electron chi connectivity index (χ3n) is 3.56. The molecule has 4 heteroatoms. The number of hydrogen-bond donors (Lipinski definition) is 1. The number of ether oxygens (including phenoxy) is 2. The van der Waals surface area contributed by atoms with Crippen molar-refractivity contribution < 1.29 is 9.47 Å². The van der Waals surface area contributed by atoms with Crippen LogP contribution in [-0.4, -0.2) is 43.3 Å². The third-order valence-corrected chi connectivity index (χ3v) is 3.56. The van der Waals surface area contributed by atoms with Gasteiger partial charge in [0.15, 0.2) is 0 Å². The zero-order chi connectivity index (χ0) is 14.4. The number of para-hydroxylation sites is 1. The van der Waals surface area contributed by atoms with Crippen LogP contribution in [0.2, 0.25) is 0 Å². The lowest BCUT2D eigenvalue weighted by Crippen LogP contribution is -2.45. The molecule has 1 heterocycles. The van der Waals surface area contributed by atoms with Gasteiger partial charge in [0.2, 0.25) is 0 Å². The van der Waals surface area contributed by atoms with Gasteiger partial charge in [0.1, 0.15) is 5.75 Å². The summed E-state index contributed by atoms with van der Waals surface area (Å²) in [5.74, 6) is 0.915. The molecule has 2 unspecified atom stereocenters. The highest BCUT2D eigenvalue weighted by atomic mass is 16.5. The van der Waals surface area contributed by atoms with Crippen LogP contribution in [0.3, 0.4) is 0 Å². The Balaban J connectivity index is 1.71. The molecule has 0 aliphatic carbocycles. The molecular weight excluding hydrogens is 252 g/mol. The van der Waals surface area contributed by atoms with Gasteiger partial charge in [-0.1, -0.05) is 18.2 Å². The van der Waals surface area contributed by atoms with E-state index in [0.29, 0.717) is 18.8 Å². The van der Waals surface area contributed by atoms with Gasteiger partial charge < -0.3 is 15.2 Å². The number of nitrogens with zero attached hydrogens (tertiary/aromatic N) is 1. The smallest absolute Gasteiger partial charge is 0.123 e. The highest BCUT2D eigenvalue weighted by Gasteiger charge is 2.21. The number of benzene rings is 1. The predicted octanol–water partition coefficient (Wildman–Crippen LogP) is 2.02. The molecule has 0 radical (unpaired) electrons. The predicted molar refractivity (Wildman–Crippen MR) is 80.9 cm³/mol. The Morgan fingerprint density at radius 1 is 1.25 bits per heavy atom. The van der Waals surface area contributed by atoms with E-state index in [4.69, 9.17) is 15.2 Å². The lowest BCUT2D eigenvalue weighted by molar-refractivity contribution is -0.0686. The first-order valence-corrected chi connectivity index (χ1v) is 7.47. The Kier molecular flexibility index (Phi) is 5.83. The number of nitrogens with two attached hydrogens (primary N) is 1. The van der Waals surface area contributed by atoms with Gasteiger partial charge in [-0.3, -0.25) is 4.90 Å². The highest BCUT2D eigenvalue weighted by molar-refractivity contribution is 5.32. The third kappa shape index (κ3) is 4.47. The first-order valence-electron chi connectivity index (χ1n) is 7.47. The summed E-state index contributed by atoms with van der Waals surface area (Å²) in [5.41, 5.74) is 6.77. The summed E-state index contributed by atoms with van der Waals surface area (Å²) < 4.78 is 11.6. The molecule has 1 aromatic rings. The highest BCUT2D eigenvalue weighted by Crippen LogP contribution is 2.17. The first-order chi connectivity index (χ1) is 9.69. The molecule has 1 aromatic carbocycles. The molecule has 2 atom stereocenters. The van der Waals surface area contributed by atoms with E-state index < -0.39 is 0 Å². The normalized spacial score (nSPS) is 23.8. The van der Waals surface area contributed by atoms with Crippen LogP contribution < -0.4 is 10.5 Å². The molecule has 2 N–H and O–H groups in total. The Hall–Kier alpha value is -1.10. The Labute approximate surface area is 121 Å². The lowest BCUT2D eigenvalue weighted by atomic mass is 10.2. The zero-order valence-corrected chi connectivity index (χ0v) is 12.5. The van der Waals surface area contributed by atoms with Crippen LogP contribution in [0.15, 0.2) is 24.3 Å². The summed E-state index contributed by atoms with van der Waals surface area (Å²) in [5, 5.41) is 0. The maximum atomic E-state index is 5.83. The fourth-order valence-corrected chi connectivity index (χ4v) is 2.75. The summed E-state index contributed by atoms with van der Waals surface area (Å²) in [6.07, 6.45) is 1.69. The van der Waals surface area contributed by atoms with Crippen LogP contribution in [0.1, 0.15) is 25.8 Å². The zero-order valence-electron chi connectivity index (χ0n) is 12.5. The number of morpholine rings is 1. The molecule has 1 saturated heterocycles. The van der Waals surface area contributed by atoms with Gasteiger partial charge in [0.05, 0.1) is 18.8 Å². The first kappa shape index (κ1) is 15.3. The second kappa shape index (κ2) is 7.62. The van der Waals surface area contributed by atoms with Gasteiger partial charge in [-0.25, -0.2) is 0 Å². The molecule has 2 rings (SSSR count). The SMILES string of the molecule is CC1CN(CCCOc2ccccc2CN)CC(C)O1. The lowest BCUT2D eigenvalue weighted by Gasteiger charge is -2.35. The van der Waals surface area contributed by atoms with E-state index in [2.05, 4.69) is 18.7 Å². The van der Waals surface area contributed by atoms with Crippen LogP contribution in [-0.2, 0) is 11.3 Å². The van der Waals surface area contributed by atoms with E-state index in [0.717, 1.165) is 44.0 Å². The molecule has 0 bridgehead atoms. The Morgan fingerprint density at radius 3 is 2.65 bits per heavy atom. The average molecular weight is 278 g/mol. The minimum absolute atomic E-state index is 0.331. The van der Waals surface area contributed by atoms with Crippen LogP contribution in [0.25, 0.3) is 0 Å². The minimum Gasteiger partial charge on any atom is -0.493 e. The van der Waals surface area contributed by atoms with Crippen molar-refractivity contribution in [1.82, 2.24) is 4.90 Å². The van der Waals surface area contributed by atoms with Crippen molar-refractivity contribution in [2.24, 2.45) is 5.73 Å². The van der Waals surface area contributed by atoms with Crippen molar-refractivity contribution in [3.05, 3.63) is 29.8 Å². The molecule has 0 spiro atoms. The van der Waals surface area contributed by atoms with E-state index in [1.165, 1.54) is 0 Å². The maximum Gasteiger partial charge on any atom is 0.123 e. The molecule has 0 amide bonds. The monoisotopic (exact) mass is 278 g/mol. The van der Waals surface area contributed by atoms with Crippen molar-refractivity contribution >= 4 is 0 Å². The van der Waals surface area contributed by atoms with E-state index in [1.54, 1.807) is 0 Å². The standard InChI is InChI=1S/C16H26N2O2/c1-13-11-18(12-14(2)20-13)8-5-9-19-16-7-4-3-6-15(16)10-17/h3-4,6-7,13-14H,5,8-12,17H2,1-2H3. The van der Waals surface area contributed by atoms with Crippen LogP contribution >= 0.6 is 0 Å².